The molecule has 3 atom stereocenters. The fourth-order valence-electron chi connectivity index (χ4n) is 2.56. The molecule has 1 aromatic carbocycles. The van der Waals surface area contributed by atoms with Gasteiger partial charge in [-0.15, -0.1) is 0 Å². The fraction of sp³-hybridized carbons (Fsp3) is 0.600. The van der Waals surface area contributed by atoms with E-state index in [-0.39, 0.29) is 12.7 Å². The van der Waals surface area contributed by atoms with Crippen molar-refractivity contribution < 1.29 is 9.84 Å². The molecule has 1 fully saturated rings. The van der Waals surface area contributed by atoms with Crippen LogP contribution < -0.4 is 5.73 Å². The van der Waals surface area contributed by atoms with Crippen LogP contribution in [-0.4, -0.2) is 55.0 Å². The van der Waals surface area contributed by atoms with E-state index in [0.29, 0.717) is 25.1 Å². The molecule has 0 radical (unpaired) electrons. The first-order valence-corrected chi connectivity index (χ1v) is 6.96. The number of nitrogens with two attached hydrogens (primary N) is 1. The smallest absolute Gasteiger partial charge is 0.0933 e. The number of aliphatic hydroxyl groups excluding tert-OH is 1. The van der Waals surface area contributed by atoms with Crippen molar-refractivity contribution in [2.24, 2.45) is 5.73 Å². The third-order valence-electron chi connectivity index (χ3n) is 3.85. The Morgan fingerprint density at radius 2 is 2.16 bits per heavy atom. The lowest BCUT2D eigenvalue weighted by atomic mass is 9.97. The standard InChI is InChI=1S/C15H24N2O2/c1-12-11-19-15(10-18)9-17(12)8-14(7-16)13-5-3-2-4-6-13/h2-6,12,14-15,18H,7-11,16H2,1H3. The minimum absolute atomic E-state index is 0.0644. The van der Waals surface area contributed by atoms with E-state index >= 15 is 0 Å². The van der Waals surface area contributed by atoms with E-state index in [1.807, 2.05) is 6.07 Å². The van der Waals surface area contributed by atoms with Gasteiger partial charge in [0.05, 0.1) is 19.3 Å². The van der Waals surface area contributed by atoms with Crippen molar-refractivity contribution in [3.63, 3.8) is 0 Å². The quantitative estimate of drug-likeness (QED) is 0.826. The van der Waals surface area contributed by atoms with Crippen LogP contribution in [0.3, 0.4) is 0 Å². The van der Waals surface area contributed by atoms with E-state index in [4.69, 9.17) is 10.5 Å². The molecule has 0 bridgehead atoms. The van der Waals surface area contributed by atoms with Crippen LogP contribution in [0.1, 0.15) is 18.4 Å². The van der Waals surface area contributed by atoms with Gasteiger partial charge in [0, 0.05) is 31.6 Å². The van der Waals surface area contributed by atoms with Crippen LogP contribution in [0.5, 0.6) is 0 Å². The largest absolute Gasteiger partial charge is 0.394 e. The van der Waals surface area contributed by atoms with E-state index in [9.17, 15) is 5.11 Å². The Labute approximate surface area is 115 Å². The van der Waals surface area contributed by atoms with Gasteiger partial charge in [0.2, 0.25) is 0 Å². The molecule has 1 aliphatic rings. The molecule has 19 heavy (non-hydrogen) atoms. The first-order chi connectivity index (χ1) is 9.24. The highest BCUT2D eigenvalue weighted by molar-refractivity contribution is 5.20. The molecule has 0 saturated carbocycles. The molecule has 0 aromatic heterocycles. The minimum Gasteiger partial charge on any atom is -0.394 e. The van der Waals surface area contributed by atoms with Crippen LogP contribution >= 0.6 is 0 Å². The van der Waals surface area contributed by atoms with Crippen LogP contribution in [0.4, 0.5) is 0 Å². The molecule has 0 spiro atoms. The van der Waals surface area contributed by atoms with Crippen LogP contribution in [0.15, 0.2) is 30.3 Å². The Hall–Kier alpha value is -0.940. The van der Waals surface area contributed by atoms with Crippen LogP contribution in [0.25, 0.3) is 0 Å². The molecule has 3 unspecified atom stereocenters. The summed E-state index contributed by atoms with van der Waals surface area (Å²) in [6, 6.07) is 10.8. The molecular weight excluding hydrogens is 240 g/mol. The topological polar surface area (TPSA) is 58.7 Å². The average molecular weight is 264 g/mol. The number of hydrogen-bond acceptors (Lipinski definition) is 4. The summed E-state index contributed by atoms with van der Waals surface area (Å²) in [5.74, 6) is 0.334. The zero-order chi connectivity index (χ0) is 13.7. The monoisotopic (exact) mass is 264 g/mol. The molecule has 1 heterocycles. The van der Waals surface area contributed by atoms with Gasteiger partial charge in [-0.05, 0) is 12.5 Å². The summed E-state index contributed by atoms with van der Waals surface area (Å²) in [6.07, 6.45) is -0.0644. The fourth-order valence-corrected chi connectivity index (χ4v) is 2.56. The van der Waals surface area contributed by atoms with Gasteiger partial charge in [-0.3, -0.25) is 4.90 Å². The second kappa shape index (κ2) is 7.01. The number of hydrogen-bond donors (Lipinski definition) is 2. The van der Waals surface area contributed by atoms with E-state index < -0.39 is 0 Å². The third-order valence-corrected chi connectivity index (χ3v) is 3.85. The van der Waals surface area contributed by atoms with Gasteiger partial charge < -0.3 is 15.6 Å². The van der Waals surface area contributed by atoms with Crippen molar-refractivity contribution in [2.45, 2.75) is 25.0 Å². The van der Waals surface area contributed by atoms with E-state index in [2.05, 4.69) is 36.1 Å². The molecule has 4 heteroatoms. The lowest BCUT2D eigenvalue weighted by Gasteiger charge is -2.39. The maximum atomic E-state index is 9.23. The van der Waals surface area contributed by atoms with Crippen molar-refractivity contribution >= 4 is 0 Å². The van der Waals surface area contributed by atoms with Crippen LogP contribution in [-0.2, 0) is 4.74 Å². The number of ether oxygens (including phenoxy) is 1. The van der Waals surface area contributed by atoms with Crippen LogP contribution in [0, 0.1) is 0 Å². The Balaban J connectivity index is 2.01. The molecule has 0 amide bonds. The molecule has 3 N–H and O–H groups in total. The number of nitrogens with zero attached hydrogens (tertiary/aromatic N) is 1. The lowest BCUT2D eigenvalue weighted by Crippen LogP contribution is -2.51. The number of morpholine rings is 1. The summed E-state index contributed by atoms with van der Waals surface area (Å²) in [5, 5.41) is 9.23. The van der Waals surface area contributed by atoms with Gasteiger partial charge >= 0.3 is 0 Å². The van der Waals surface area contributed by atoms with Crippen molar-refractivity contribution in [3.8, 4) is 0 Å². The van der Waals surface area contributed by atoms with Crippen molar-refractivity contribution in [2.75, 3.05) is 32.8 Å². The molecule has 4 nitrogen and oxygen atoms in total. The molecule has 0 aliphatic carbocycles. The minimum atomic E-state index is -0.0644. The summed E-state index contributed by atoms with van der Waals surface area (Å²) in [5.41, 5.74) is 7.21. The van der Waals surface area contributed by atoms with Gasteiger partial charge in [0.25, 0.3) is 0 Å². The Morgan fingerprint density at radius 3 is 2.79 bits per heavy atom. The van der Waals surface area contributed by atoms with Crippen molar-refractivity contribution in [1.82, 2.24) is 4.90 Å². The zero-order valence-electron chi connectivity index (χ0n) is 11.5. The van der Waals surface area contributed by atoms with E-state index in [1.165, 1.54) is 5.56 Å². The molecular formula is C15H24N2O2. The third kappa shape index (κ3) is 3.76. The number of rotatable bonds is 5. The summed E-state index contributed by atoms with van der Waals surface area (Å²) < 4.78 is 5.57. The van der Waals surface area contributed by atoms with Crippen molar-refractivity contribution in [3.05, 3.63) is 35.9 Å². The number of benzene rings is 1. The van der Waals surface area contributed by atoms with Crippen LogP contribution in [0.2, 0.25) is 0 Å². The summed E-state index contributed by atoms with van der Waals surface area (Å²) >= 11 is 0. The summed E-state index contributed by atoms with van der Waals surface area (Å²) in [4.78, 5) is 2.37. The molecule has 106 valence electrons. The molecule has 1 aromatic rings. The highest BCUT2D eigenvalue weighted by Crippen LogP contribution is 2.20. The van der Waals surface area contributed by atoms with E-state index in [1.54, 1.807) is 0 Å². The second-order valence-corrected chi connectivity index (χ2v) is 5.28. The first kappa shape index (κ1) is 14.5. The second-order valence-electron chi connectivity index (χ2n) is 5.28. The lowest BCUT2D eigenvalue weighted by molar-refractivity contribution is -0.0789. The highest BCUT2D eigenvalue weighted by atomic mass is 16.5. The average Bonchev–Trinajstić information content (AvgIpc) is 2.47. The summed E-state index contributed by atoms with van der Waals surface area (Å²) in [6.45, 7) is 5.26. The van der Waals surface area contributed by atoms with Gasteiger partial charge in [-0.2, -0.15) is 0 Å². The Kier molecular flexibility index (Phi) is 5.34. The van der Waals surface area contributed by atoms with Gasteiger partial charge in [-0.25, -0.2) is 0 Å². The maximum absolute atomic E-state index is 9.23. The Morgan fingerprint density at radius 1 is 1.42 bits per heavy atom. The van der Waals surface area contributed by atoms with E-state index in [0.717, 1.165) is 13.1 Å². The predicted molar refractivity (Wildman–Crippen MR) is 76.1 cm³/mol. The SMILES string of the molecule is CC1COC(CO)CN1CC(CN)c1ccccc1. The summed E-state index contributed by atoms with van der Waals surface area (Å²) in [7, 11) is 0. The predicted octanol–water partition coefficient (Wildman–Crippen LogP) is 0.811. The molecule has 2 rings (SSSR count). The maximum Gasteiger partial charge on any atom is 0.0933 e. The highest BCUT2D eigenvalue weighted by Gasteiger charge is 2.27. The van der Waals surface area contributed by atoms with Gasteiger partial charge in [0.15, 0.2) is 0 Å². The van der Waals surface area contributed by atoms with Gasteiger partial charge in [0.1, 0.15) is 0 Å². The normalized spacial score (nSPS) is 26.3. The number of aliphatic hydroxyl groups is 1. The first-order valence-electron chi connectivity index (χ1n) is 6.96. The van der Waals surface area contributed by atoms with Crippen molar-refractivity contribution in [1.29, 1.82) is 0 Å². The molecule has 1 aliphatic heterocycles. The zero-order valence-corrected chi connectivity index (χ0v) is 11.5. The Bertz CT molecular complexity index is 372. The molecule has 1 saturated heterocycles. The van der Waals surface area contributed by atoms with Gasteiger partial charge in [-0.1, -0.05) is 30.3 Å².